The number of benzene rings is 2. The Morgan fingerprint density at radius 1 is 0.778 bits per heavy atom. The third-order valence-corrected chi connectivity index (χ3v) is 3.67. The molecule has 1 fully saturated rings. The van der Waals surface area contributed by atoms with E-state index >= 15 is 0 Å². The van der Waals surface area contributed by atoms with Crippen LogP contribution in [0, 0.1) is 5.92 Å². The molecule has 0 heterocycles. The Kier molecular flexibility index (Phi) is 2.63. The van der Waals surface area contributed by atoms with Gasteiger partial charge in [-0.3, -0.25) is 4.79 Å². The highest BCUT2D eigenvalue weighted by Crippen LogP contribution is 2.60. The molecule has 0 saturated heterocycles. The van der Waals surface area contributed by atoms with Crippen molar-refractivity contribution in [3.8, 4) is 0 Å². The number of rotatable bonds is 3. The number of hydrogen-bond donors (Lipinski definition) is 1. The van der Waals surface area contributed by atoms with Gasteiger partial charge in [0, 0.05) is 11.8 Å². The predicted octanol–water partition coefficient (Wildman–Crippen LogP) is 3.27. The Hall–Kier alpha value is -2.09. The van der Waals surface area contributed by atoms with Gasteiger partial charge in [0.15, 0.2) is 0 Å². The van der Waals surface area contributed by atoms with Crippen molar-refractivity contribution in [2.24, 2.45) is 5.92 Å². The summed E-state index contributed by atoms with van der Waals surface area (Å²) < 4.78 is 0. The van der Waals surface area contributed by atoms with Gasteiger partial charge < -0.3 is 5.11 Å². The van der Waals surface area contributed by atoms with E-state index in [-0.39, 0.29) is 17.8 Å². The SMILES string of the molecule is O=C(O)C1C(c2ccccc2)C1c1ccccc1. The first-order chi connectivity index (χ1) is 8.79. The maximum atomic E-state index is 11.3. The van der Waals surface area contributed by atoms with Gasteiger partial charge in [-0.05, 0) is 11.1 Å². The zero-order chi connectivity index (χ0) is 12.5. The molecule has 2 heteroatoms. The molecule has 0 bridgehead atoms. The highest BCUT2D eigenvalue weighted by Gasteiger charge is 2.56. The molecule has 1 aliphatic carbocycles. The molecule has 2 atom stereocenters. The van der Waals surface area contributed by atoms with E-state index in [0.717, 1.165) is 11.1 Å². The van der Waals surface area contributed by atoms with Crippen molar-refractivity contribution in [3.63, 3.8) is 0 Å². The quantitative estimate of drug-likeness (QED) is 0.891. The van der Waals surface area contributed by atoms with E-state index in [1.54, 1.807) is 0 Å². The fourth-order valence-corrected chi connectivity index (χ4v) is 2.80. The lowest BCUT2D eigenvalue weighted by Crippen LogP contribution is -2.00. The standard InChI is InChI=1S/C16H14O2/c17-16(18)15-13(11-7-3-1-4-8-11)14(15)12-9-5-2-6-10-12/h1-10,13-15H,(H,17,18). The van der Waals surface area contributed by atoms with Crippen LogP contribution in [0.5, 0.6) is 0 Å². The summed E-state index contributed by atoms with van der Waals surface area (Å²) in [5.74, 6) is -0.746. The molecule has 0 spiro atoms. The molecule has 0 radical (unpaired) electrons. The molecule has 90 valence electrons. The molecule has 0 aromatic heterocycles. The first kappa shape index (κ1) is 11.0. The fourth-order valence-electron chi connectivity index (χ4n) is 2.80. The molecule has 18 heavy (non-hydrogen) atoms. The second kappa shape index (κ2) is 4.30. The van der Waals surface area contributed by atoms with Crippen LogP contribution < -0.4 is 0 Å². The van der Waals surface area contributed by atoms with Gasteiger partial charge in [0.05, 0.1) is 5.92 Å². The molecule has 1 aliphatic rings. The highest BCUT2D eigenvalue weighted by atomic mass is 16.4. The van der Waals surface area contributed by atoms with Gasteiger partial charge in [-0.1, -0.05) is 60.7 Å². The van der Waals surface area contributed by atoms with Gasteiger partial charge >= 0.3 is 5.97 Å². The lowest BCUT2D eigenvalue weighted by atomic mass is 10.0. The number of carboxylic acid groups (broad SMARTS) is 1. The monoisotopic (exact) mass is 238 g/mol. The minimum atomic E-state index is -0.697. The summed E-state index contributed by atoms with van der Waals surface area (Å²) in [6, 6.07) is 19.9. The van der Waals surface area contributed by atoms with Gasteiger partial charge in [0.2, 0.25) is 0 Å². The van der Waals surface area contributed by atoms with E-state index in [1.165, 1.54) is 0 Å². The summed E-state index contributed by atoms with van der Waals surface area (Å²) in [5.41, 5.74) is 2.25. The average molecular weight is 238 g/mol. The van der Waals surface area contributed by atoms with Gasteiger partial charge in [-0.15, -0.1) is 0 Å². The largest absolute Gasteiger partial charge is 0.481 e. The maximum absolute atomic E-state index is 11.3. The first-order valence-electron chi connectivity index (χ1n) is 6.12. The second-order valence-corrected chi connectivity index (χ2v) is 4.74. The number of carboxylic acids is 1. The summed E-state index contributed by atoms with van der Waals surface area (Å²) in [4.78, 5) is 11.3. The Morgan fingerprint density at radius 3 is 1.50 bits per heavy atom. The zero-order valence-electron chi connectivity index (χ0n) is 9.86. The maximum Gasteiger partial charge on any atom is 0.307 e. The molecule has 2 aromatic rings. The molecule has 2 unspecified atom stereocenters. The van der Waals surface area contributed by atoms with Crippen LogP contribution in [0.25, 0.3) is 0 Å². The topological polar surface area (TPSA) is 37.3 Å². The summed E-state index contributed by atoms with van der Waals surface area (Å²) >= 11 is 0. The smallest absolute Gasteiger partial charge is 0.307 e. The predicted molar refractivity (Wildman–Crippen MR) is 69.5 cm³/mol. The van der Waals surface area contributed by atoms with Crippen molar-refractivity contribution in [1.29, 1.82) is 0 Å². The average Bonchev–Trinajstić information content (AvgIpc) is 3.16. The summed E-state index contributed by atoms with van der Waals surface area (Å²) in [7, 11) is 0. The second-order valence-electron chi connectivity index (χ2n) is 4.74. The van der Waals surface area contributed by atoms with Crippen molar-refractivity contribution < 1.29 is 9.90 Å². The third kappa shape index (κ3) is 1.80. The van der Waals surface area contributed by atoms with E-state index in [2.05, 4.69) is 0 Å². The van der Waals surface area contributed by atoms with Crippen LogP contribution in [0.1, 0.15) is 23.0 Å². The molecule has 1 saturated carbocycles. The molecule has 2 nitrogen and oxygen atoms in total. The van der Waals surface area contributed by atoms with Crippen LogP contribution in [-0.2, 0) is 4.79 Å². The number of carbonyl (C=O) groups is 1. The molecule has 1 N–H and O–H groups in total. The minimum Gasteiger partial charge on any atom is -0.481 e. The van der Waals surface area contributed by atoms with Gasteiger partial charge in [-0.2, -0.15) is 0 Å². The highest BCUT2D eigenvalue weighted by molar-refractivity contribution is 5.78. The Bertz CT molecular complexity index is 502. The van der Waals surface area contributed by atoms with Crippen molar-refractivity contribution >= 4 is 5.97 Å². The number of hydrogen-bond acceptors (Lipinski definition) is 1. The lowest BCUT2D eigenvalue weighted by Gasteiger charge is -1.99. The third-order valence-electron chi connectivity index (χ3n) is 3.67. The molecule has 0 aliphatic heterocycles. The summed E-state index contributed by atoms with van der Waals surface area (Å²) in [6.45, 7) is 0. The Labute approximate surface area is 106 Å². The lowest BCUT2D eigenvalue weighted by molar-refractivity contribution is -0.138. The Morgan fingerprint density at radius 2 is 1.17 bits per heavy atom. The van der Waals surface area contributed by atoms with Crippen molar-refractivity contribution in [2.45, 2.75) is 11.8 Å². The van der Waals surface area contributed by atoms with E-state index in [9.17, 15) is 9.90 Å². The van der Waals surface area contributed by atoms with Gasteiger partial charge in [0.25, 0.3) is 0 Å². The van der Waals surface area contributed by atoms with E-state index in [4.69, 9.17) is 0 Å². The van der Waals surface area contributed by atoms with Crippen molar-refractivity contribution in [2.75, 3.05) is 0 Å². The molecule has 3 rings (SSSR count). The summed E-state index contributed by atoms with van der Waals surface area (Å²) in [5, 5.41) is 9.32. The summed E-state index contributed by atoms with van der Waals surface area (Å²) in [6.07, 6.45) is 0. The van der Waals surface area contributed by atoms with Gasteiger partial charge in [0.1, 0.15) is 0 Å². The van der Waals surface area contributed by atoms with Gasteiger partial charge in [-0.25, -0.2) is 0 Å². The molecular weight excluding hydrogens is 224 g/mol. The van der Waals surface area contributed by atoms with Crippen LogP contribution >= 0.6 is 0 Å². The zero-order valence-corrected chi connectivity index (χ0v) is 9.86. The van der Waals surface area contributed by atoms with Crippen molar-refractivity contribution in [3.05, 3.63) is 71.8 Å². The number of aliphatic carboxylic acids is 1. The van der Waals surface area contributed by atoms with E-state index in [0.29, 0.717) is 0 Å². The van der Waals surface area contributed by atoms with Crippen molar-refractivity contribution in [1.82, 2.24) is 0 Å². The van der Waals surface area contributed by atoms with Crippen LogP contribution in [0.2, 0.25) is 0 Å². The fraction of sp³-hybridized carbons (Fsp3) is 0.188. The molecule has 0 amide bonds. The van der Waals surface area contributed by atoms with Crippen LogP contribution in [-0.4, -0.2) is 11.1 Å². The normalized spacial score (nSPS) is 25.7. The van der Waals surface area contributed by atoms with Crippen LogP contribution in [0.3, 0.4) is 0 Å². The molecular formula is C16H14O2. The van der Waals surface area contributed by atoms with Crippen LogP contribution in [0.15, 0.2) is 60.7 Å². The Balaban J connectivity index is 1.94. The van der Waals surface area contributed by atoms with E-state index < -0.39 is 5.97 Å². The van der Waals surface area contributed by atoms with Crippen LogP contribution in [0.4, 0.5) is 0 Å². The first-order valence-corrected chi connectivity index (χ1v) is 6.12. The van der Waals surface area contributed by atoms with E-state index in [1.807, 2.05) is 60.7 Å². The molecule has 2 aromatic carbocycles. The minimum absolute atomic E-state index is 0.117.